The molecule has 3 aromatic rings. The zero-order valence-corrected chi connectivity index (χ0v) is 12.0. The van der Waals surface area contributed by atoms with Gasteiger partial charge in [0, 0.05) is 17.5 Å². The summed E-state index contributed by atoms with van der Waals surface area (Å²) in [5.74, 6) is 1.91. The van der Waals surface area contributed by atoms with Crippen molar-refractivity contribution >= 4 is 23.4 Å². The summed E-state index contributed by atoms with van der Waals surface area (Å²) >= 11 is 7.27. The van der Waals surface area contributed by atoms with Crippen LogP contribution in [0, 0.1) is 6.92 Å². The van der Waals surface area contributed by atoms with Gasteiger partial charge in [-0.05, 0) is 18.2 Å². The predicted molar refractivity (Wildman–Crippen MR) is 73.3 cm³/mol. The molecule has 0 aliphatic carbocycles. The number of benzene rings is 1. The van der Waals surface area contributed by atoms with E-state index in [4.69, 9.17) is 20.4 Å². The molecule has 0 atom stereocenters. The molecular weight excluding hydrogens is 300 g/mol. The summed E-state index contributed by atoms with van der Waals surface area (Å²) in [6.07, 6.45) is 0. The molecule has 102 valence electrons. The highest BCUT2D eigenvalue weighted by Gasteiger charge is 2.11. The quantitative estimate of drug-likeness (QED) is 0.684. The fourth-order valence-corrected chi connectivity index (χ4v) is 2.34. The Morgan fingerprint density at radius 3 is 2.80 bits per heavy atom. The van der Waals surface area contributed by atoms with Crippen molar-refractivity contribution in [1.82, 2.24) is 20.4 Å². The van der Waals surface area contributed by atoms with Gasteiger partial charge in [0.2, 0.25) is 17.7 Å². The van der Waals surface area contributed by atoms with E-state index in [-0.39, 0.29) is 0 Å². The Morgan fingerprint density at radius 2 is 2.05 bits per heavy atom. The summed E-state index contributed by atoms with van der Waals surface area (Å²) in [5, 5.41) is 16.7. The van der Waals surface area contributed by atoms with Crippen LogP contribution >= 0.6 is 23.4 Å². The Balaban J connectivity index is 1.70. The molecule has 2 heterocycles. The molecule has 3 rings (SSSR count). The monoisotopic (exact) mass is 308 g/mol. The van der Waals surface area contributed by atoms with E-state index in [1.54, 1.807) is 19.1 Å². The molecule has 0 bridgehead atoms. The van der Waals surface area contributed by atoms with Crippen LogP contribution in [-0.4, -0.2) is 20.4 Å². The van der Waals surface area contributed by atoms with Crippen molar-refractivity contribution in [3.63, 3.8) is 0 Å². The molecule has 2 aromatic heterocycles. The van der Waals surface area contributed by atoms with Gasteiger partial charge >= 0.3 is 0 Å². The predicted octanol–water partition coefficient (Wildman–Crippen LogP) is 3.37. The molecule has 0 unspecified atom stereocenters. The van der Waals surface area contributed by atoms with Crippen LogP contribution in [0.3, 0.4) is 0 Å². The molecule has 0 aliphatic heterocycles. The third-order valence-corrected chi connectivity index (χ3v) is 3.40. The Morgan fingerprint density at radius 1 is 1.15 bits per heavy atom. The number of rotatable bonds is 4. The van der Waals surface area contributed by atoms with Crippen LogP contribution in [0.15, 0.2) is 38.3 Å². The maximum Gasteiger partial charge on any atom is 0.277 e. The number of hydrogen-bond donors (Lipinski definition) is 0. The van der Waals surface area contributed by atoms with E-state index in [2.05, 4.69) is 20.4 Å². The van der Waals surface area contributed by atoms with Gasteiger partial charge in [0.1, 0.15) is 0 Å². The number of nitrogens with zero attached hydrogens (tertiary/aromatic N) is 4. The van der Waals surface area contributed by atoms with Gasteiger partial charge in [0.15, 0.2) is 0 Å². The van der Waals surface area contributed by atoms with Crippen LogP contribution in [0.5, 0.6) is 0 Å². The second-order valence-electron chi connectivity index (χ2n) is 3.89. The first-order chi connectivity index (χ1) is 9.70. The summed E-state index contributed by atoms with van der Waals surface area (Å²) in [6, 6.07) is 7.25. The normalized spacial score (nSPS) is 10.9. The van der Waals surface area contributed by atoms with E-state index in [9.17, 15) is 0 Å². The minimum Gasteiger partial charge on any atom is -0.420 e. The van der Waals surface area contributed by atoms with Crippen LogP contribution in [0.4, 0.5) is 0 Å². The van der Waals surface area contributed by atoms with Crippen LogP contribution in [-0.2, 0) is 5.75 Å². The van der Waals surface area contributed by atoms with E-state index < -0.39 is 0 Å². The van der Waals surface area contributed by atoms with Gasteiger partial charge in [0.05, 0.1) is 5.75 Å². The lowest BCUT2D eigenvalue weighted by Gasteiger charge is -1.94. The highest BCUT2D eigenvalue weighted by Crippen LogP contribution is 2.24. The molecule has 1 aromatic carbocycles. The van der Waals surface area contributed by atoms with E-state index in [1.165, 1.54) is 11.8 Å². The molecule has 0 saturated heterocycles. The average molecular weight is 309 g/mol. The smallest absolute Gasteiger partial charge is 0.277 e. The summed E-state index contributed by atoms with van der Waals surface area (Å²) in [4.78, 5) is 0. The fourth-order valence-electron chi connectivity index (χ4n) is 1.51. The zero-order valence-electron chi connectivity index (χ0n) is 10.4. The summed E-state index contributed by atoms with van der Waals surface area (Å²) in [6.45, 7) is 1.74. The topological polar surface area (TPSA) is 77.8 Å². The van der Waals surface area contributed by atoms with E-state index in [1.807, 2.05) is 12.1 Å². The van der Waals surface area contributed by atoms with Gasteiger partial charge in [-0.15, -0.1) is 20.4 Å². The summed E-state index contributed by atoms with van der Waals surface area (Å²) in [7, 11) is 0. The largest absolute Gasteiger partial charge is 0.420 e. The minimum atomic E-state index is 0.435. The highest BCUT2D eigenvalue weighted by molar-refractivity contribution is 7.98. The lowest BCUT2D eigenvalue weighted by Crippen LogP contribution is -1.80. The van der Waals surface area contributed by atoms with Crippen molar-refractivity contribution in [2.24, 2.45) is 0 Å². The first-order valence-electron chi connectivity index (χ1n) is 5.72. The number of hydrogen-bond acceptors (Lipinski definition) is 7. The lowest BCUT2D eigenvalue weighted by molar-refractivity contribution is 0.428. The molecule has 0 saturated carbocycles. The van der Waals surface area contributed by atoms with Gasteiger partial charge in [-0.2, -0.15) is 0 Å². The third kappa shape index (κ3) is 3.00. The average Bonchev–Trinajstić information content (AvgIpc) is 3.05. The maximum absolute atomic E-state index is 5.92. The zero-order chi connectivity index (χ0) is 13.9. The second kappa shape index (κ2) is 5.64. The highest BCUT2D eigenvalue weighted by atomic mass is 35.5. The van der Waals surface area contributed by atoms with Gasteiger partial charge in [0.25, 0.3) is 5.22 Å². The van der Waals surface area contributed by atoms with Gasteiger partial charge in [-0.3, -0.25) is 0 Å². The van der Waals surface area contributed by atoms with Crippen molar-refractivity contribution < 1.29 is 8.83 Å². The van der Waals surface area contributed by atoms with E-state index in [0.717, 1.165) is 5.56 Å². The van der Waals surface area contributed by atoms with E-state index in [0.29, 0.717) is 33.7 Å². The van der Waals surface area contributed by atoms with Crippen LogP contribution in [0.2, 0.25) is 5.02 Å². The molecule has 0 radical (unpaired) electrons. The molecular formula is C12H9ClN4O2S. The van der Waals surface area contributed by atoms with Gasteiger partial charge < -0.3 is 8.83 Å². The molecule has 0 fully saturated rings. The number of thioether (sulfide) groups is 1. The number of halogens is 1. The lowest BCUT2D eigenvalue weighted by atomic mass is 10.2. The molecule has 20 heavy (non-hydrogen) atoms. The van der Waals surface area contributed by atoms with Crippen LogP contribution in [0.25, 0.3) is 11.5 Å². The molecule has 8 heteroatoms. The van der Waals surface area contributed by atoms with Gasteiger partial charge in [-0.25, -0.2) is 0 Å². The molecule has 0 aliphatic rings. The standard InChI is InChI=1S/C12H9ClN4O2S/c1-7-14-17-12(18-7)20-6-10-15-16-11(19-10)8-3-2-4-9(13)5-8/h2-5H,6H2,1H3. The Bertz CT molecular complexity index is 728. The van der Waals surface area contributed by atoms with Crippen molar-refractivity contribution in [2.75, 3.05) is 0 Å². The third-order valence-electron chi connectivity index (χ3n) is 2.37. The SMILES string of the molecule is Cc1nnc(SCc2nnc(-c3cccc(Cl)c3)o2)o1. The molecule has 0 amide bonds. The first kappa shape index (κ1) is 13.1. The molecule has 0 spiro atoms. The minimum absolute atomic E-state index is 0.435. The second-order valence-corrected chi connectivity index (χ2v) is 5.25. The Labute approximate surface area is 123 Å². The van der Waals surface area contributed by atoms with E-state index >= 15 is 0 Å². The van der Waals surface area contributed by atoms with Crippen LogP contribution < -0.4 is 0 Å². The maximum atomic E-state index is 5.92. The Hall–Kier alpha value is -1.86. The van der Waals surface area contributed by atoms with Crippen molar-refractivity contribution in [3.8, 4) is 11.5 Å². The molecule has 6 nitrogen and oxygen atoms in total. The summed E-state index contributed by atoms with van der Waals surface area (Å²) < 4.78 is 10.8. The Kier molecular flexibility index (Phi) is 3.70. The summed E-state index contributed by atoms with van der Waals surface area (Å²) in [5.41, 5.74) is 0.787. The number of aromatic nitrogens is 4. The van der Waals surface area contributed by atoms with Crippen LogP contribution in [0.1, 0.15) is 11.8 Å². The number of aryl methyl sites for hydroxylation is 1. The first-order valence-corrected chi connectivity index (χ1v) is 7.08. The van der Waals surface area contributed by atoms with Crippen molar-refractivity contribution in [2.45, 2.75) is 17.9 Å². The van der Waals surface area contributed by atoms with Crippen molar-refractivity contribution in [1.29, 1.82) is 0 Å². The van der Waals surface area contributed by atoms with Crippen molar-refractivity contribution in [3.05, 3.63) is 41.1 Å². The van der Waals surface area contributed by atoms with Gasteiger partial charge in [-0.1, -0.05) is 29.4 Å². The molecule has 0 N–H and O–H groups in total. The fraction of sp³-hybridized carbons (Fsp3) is 0.167.